The highest BCUT2D eigenvalue weighted by molar-refractivity contribution is 5.96. The van der Waals surface area contributed by atoms with Crippen LogP contribution in [-0.2, 0) is 14.3 Å². The van der Waals surface area contributed by atoms with Gasteiger partial charge in [0.2, 0.25) is 0 Å². The van der Waals surface area contributed by atoms with Gasteiger partial charge in [0.1, 0.15) is 11.5 Å². The van der Waals surface area contributed by atoms with Gasteiger partial charge in [-0.15, -0.1) is 0 Å². The van der Waals surface area contributed by atoms with Crippen LogP contribution in [0.4, 0.5) is 0 Å². The molecule has 0 unspecified atom stereocenters. The Balaban J connectivity index is 2.76. The number of Topliss-reactive ketones (excluding diaryl/α,β-unsaturated/α-hetero) is 1. The van der Waals surface area contributed by atoms with Crippen LogP contribution in [0.3, 0.4) is 0 Å². The lowest BCUT2D eigenvalue weighted by Crippen LogP contribution is -2.25. The predicted molar refractivity (Wildman–Crippen MR) is 104 cm³/mol. The van der Waals surface area contributed by atoms with Crippen molar-refractivity contribution in [2.75, 3.05) is 14.2 Å². The van der Waals surface area contributed by atoms with E-state index in [0.29, 0.717) is 11.1 Å². The number of hydrogen-bond acceptors (Lipinski definition) is 7. The first-order valence-electron chi connectivity index (χ1n) is 9.11. The number of fused-ring (bicyclic) bond motifs is 1. The fraction of sp³-hybridized carbons (Fsp3) is 0.476. The zero-order valence-corrected chi connectivity index (χ0v) is 17.0. The van der Waals surface area contributed by atoms with Crippen molar-refractivity contribution in [3.63, 3.8) is 0 Å². The number of ether oxygens (including phenoxy) is 3. The molecule has 7 nitrogen and oxygen atoms in total. The zero-order chi connectivity index (χ0) is 21.0. The molecule has 0 N–H and O–H groups in total. The van der Waals surface area contributed by atoms with Crippen LogP contribution in [-0.4, -0.2) is 26.0 Å². The molecule has 0 saturated heterocycles. The van der Waals surface area contributed by atoms with Crippen LogP contribution < -0.4 is 15.1 Å². The summed E-state index contributed by atoms with van der Waals surface area (Å²) >= 11 is 0. The second-order valence-corrected chi connectivity index (χ2v) is 7.22. The SMILES string of the molecule is COc1cc(OC)c2ccc(=O)oc2c1[C@@H](OC(=O)CC(C)C)C(=O)C(C)C. The second-order valence-electron chi connectivity index (χ2n) is 7.22. The lowest BCUT2D eigenvalue weighted by atomic mass is 9.95. The van der Waals surface area contributed by atoms with Crippen molar-refractivity contribution in [3.05, 3.63) is 34.2 Å². The molecule has 1 atom stereocenters. The van der Waals surface area contributed by atoms with Gasteiger partial charge in [0.25, 0.3) is 0 Å². The van der Waals surface area contributed by atoms with Crippen molar-refractivity contribution < 1.29 is 28.2 Å². The molecular weight excluding hydrogens is 364 g/mol. The van der Waals surface area contributed by atoms with Crippen LogP contribution in [0, 0.1) is 11.8 Å². The fourth-order valence-corrected chi connectivity index (χ4v) is 2.86. The summed E-state index contributed by atoms with van der Waals surface area (Å²) in [5, 5.41) is 0.472. The van der Waals surface area contributed by atoms with Crippen LogP contribution >= 0.6 is 0 Å². The first kappa shape index (κ1) is 21.5. The van der Waals surface area contributed by atoms with Gasteiger partial charge in [-0.2, -0.15) is 0 Å². The molecule has 0 aliphatic heterocycles. The molecule has 0 aliphatic rings. The summed E-state index contributed by atoms with van der Waals surface area (Å²) in [6.07, 6.45) is -1.11. The predicted octanol–water partition coefficient (Wildman–Crippen LogP) is 3.67. The summed E-state index contributed by atoms with van der Waals surface area (Å²) in [5.74, 6) is -0.561. The standard InChI is InChI=1S/C21H26O7/c1-11(2)9-17(23)28-21(19(24)12(3)4)18-15(26-6)10-14(25-5)13-7-8-16(22)27-20(13)18/h7-8,10-12,21H,9H2,1-6H3/t21-/m1/s1. The minimum Gasteiger partial charge on any atom is -0.496 e. The van der Waals surface area contributed by atoms with E-state index in [-0.39, 0.29) is 35.0 Å². The monoisotopic (exact) mass is 390 g/mol. The Morgan fingerprint density at radius 3 is 2.21 bits per heavy atom. The minimum absolute atomic E-state index is 0.0646. The summed E-state index contributed by atoms with van der Waals surface area (Å²) in [4.78, 5) is 37.2. The molecule has 2 aromatic rings. The second kappa shape index (κ2) is 8.91. The number of carbonyl (C=O) groups excluding carboxylic acids is 2. The Bertz CT molecular complexity index is 924. The van der Waals surface area contributed by atoms with Crippen LogP contribution in [0.1, 0.15) is 45.8 Å². The molecule has 7 heteroatoms. The third-order valence-electron chi connectivity index (χ3n) is 4.22. The molecule has 0 spiro atoms. The average molecular weight is 390 g/mol. The van der Waals surface area contributed by atoms with E-state index in [1.54, 1.807) is 19.9 Å². The molecule has 0 bridgehead atoms. The lowest BCUT2D eigenvalue weighted by molar-refractivity contribution is -0.157. The Morgan fingerprint density at radius 1 is 1.04 bits per heavy atom. The minimum atomic E-state index is -1.26. The molecular formula is C21H26O7. The quantitative estimate of drug-likeness (QED) is 0.501. The maximum absolute atomic E-state index is 12.9. The van der Waals surface area contributed by atoms with Crippen molar-refractivity contribution in [1.82, 2.24) is 0 Å². The van der Waals surface area contributed by atoms with E-state index in [2.05, 4.69) is 0 Å². The van der Waals surface area contributed by atoms with Crippen LogP contribution in [0.5, 0.6) is 11.5 Å². The smallest absolute Gasteiger partial charge is 0.336 e. The largest absolute Gasteiger partial charge is 0.496 e. The highest BCUT2D eigenvalue weighted by atomic mass is 16.5. The summed E-state index contributed by atoms with van der Waals surface area (Å²) in [5.41, 5.74) is -0.305. The van der Waals surface area contributed by atoms with Crippen LogP contribution in [0.15, 0.2) is 27.4 Å². The Hall–Kier alpha value is -2.83. The van der Waals surface area contributed by atoms with Crippen molar-refractivity contribution >= 4 is 22.7 Å². The van der Waals surface area contributed by atoms with E-state index < -0.39 is 23.6 Å². The van der Waals surface area contributed by atoms with Gasteiger partial charge in [-0.3, -0.25) is 9.59 Å². The molecule has 1 aromatic carbocycles. The van der Waals surface area contributed by atoms with Crippen molar-refractivity contribution in [3.8, 4) is 11.5 Å². The van der Waals surface area contributed by atoms with Gasteiger partial charge in [0, 0.05) is 24.5 Å². The third-order valence-corrected chi connectivity index (χ3v) is 4.22. The van der Waals surface area contributed by atoms with E-state index in [0.717, 1.165) is 0 Å². The zero-order valence-electron chi connectivity index (χ0n) is 17.0. The Labute approximate surface area is 163 Å². The van der Waals surface area contributed by atoms with E-state index in [9.17, 15) is 14.4 Å². The first-order chi connectivity index (χ1) is 13.2. The van der Waals surface area contributed by atoms with Crippen molar-refractivity contribution in [2.45, 2.75) is 40.2 Å². The number of hydrogen-bond donors (Lipinski definition) is 0. The van der Waals surface area contributed by atoms with E-state index in [1.807, 2.05) is 13.8 Å². The molecule has 0 aliphatic carbocycles. The highest BCUT2D eigenvalue weighted by Crippen LogP contribution is 2.41. The van der Waals surface area contributed by atoms with Crippen LogP contribution in [0.2, 0.25) is 0 Å². The number of esters is 1. The van der Waals surface area contributed by atoms with Gasteiger partial charge >= 0.3 is 11.6 Å². The number of carbonyl (C=O) groups is 2. The normalized spacial score (nSPS) is 12.3. The number of ketones is 1. The first-order valence-corrected chi connectivity index (χ1v) is 9.11. The average Bonchev–Trinajstić information content (AvgIpc) is 2.63. The van der Waals surface area contributed by atoms with Gasteiger partial charge in [0.05, 0.1) is 25.2 Å². The molecule has 1 heterocycles. The molecule has 2 rings (SSSR count). The number of benzene rings is 1. The summed E-state index contributed by atoms with van der Waals surface area (Å²) in [6.45, 7) is 7.17. The lowest BCUT2D eigenvalue weighted by Gasteiger charge is -2.23. The van der Waals surface area contributed by atoms with Crippen molar-refractivity contribution in [1.29, 1.82) is 0 Å². The summed E-state index contributed by atoms with van der Waals surface area (Å²) in [6, 6.07) is 4.37. The number of methoxy groups -OCH3 is 2. The van der Waals surface area contributed by atoms with E-state index in [4.69, 9.17) is 18.6 Å². The van der Waals surface area contributed by atoms with Gasteiger partial charge in [0.15, 0.2) is 17.5 Å². The Morgan fingerprint density at radius 2 is 1.68 bits per heavy atom. The third kappa shape index (κ3) is 4.52. The topological polar surface area (TPSA) is 92.0 Å². The molecule has 1 aromatic heterocycles. The van der Waals surface area contributed by atoms with E-state index in [1.165, 1.54) is 26.4 Å². The maximum Gasteiger partial charge on any atom is 0.336 e. The molecule has 0 saturated carbocycles. The van der Waals surface area contributed by atoms with E-state index >= 15 is 0 Å². The maximum atomic E-state index is 12.9. The van der Waals surface area contributed by atoms with Gasteiger partial charge in [-0.1, -0.05) is 27.7 Å². The molecule has 152 valence electrons. The fourth-order valence-electron chi connectivity index (χ4n) is 2.86. The number of rotatable bonds is 8. The highest BCUT2D eigenvalue weighted by Gasteiger charge is 2.33. The van der Waals surface area contributed by atoms with Gasteiger partial charge in [-0.05, 0) is 12.0 Å². The Kier molecular flexibility index (Phi) is 6.83. The molecule has 28 heavy (non-hydrogen) atoms. The molecule has 0 radical (unpaired) electrons. The van der Waals surface area contributed by atoms with Crippen LogP contribution in [0.25, 0.3) is 11.0 Å². The van der Waals surface area contributed by atoms with Crippen molar-refractivity contribution in [2.24, 2.45) is 11.8 Å². The molecule has 0 fully saturated rings. The molecule has 0 amide bonds. The van der Waals surface area contributed by atoms with Gasteiger partial charge in [-0.25, -0.2) is 4.79 Å². The summed E-state index contributed by atoms with van der Waals surface area (Å²) < 4.78 is 21.7. The van der Waals surface area contributed by atoms with Gasteiger partial charge < -0.3 is 18.6 Å². The summed E-state index contributed by atoms with van der Waals surface area (Å²) in [7, 11) is 2.89.